The molecule has 0 saturated heterocycles. The summed E-state index contributed by atoms with van der Waals surface area (Å²) in [4.78, 5) is 39.5. The Morgan fingerprint density at radius 2 is 1.74 bits per heavy atom. The summed E-state index contributed by atoms with van der Waals surface area (Å²) in [7, 11) is 4.10. The number of aryl methyl sites for hydroxylation is 1. The molecular weight excluding hydrogens is 254 g/mol. The Morgan fingerprint density at radius 1 is 1.21 bits per heavy atom. The van der Waals surface area contributed by atoms with Gasteiger partial charge in [0, 0.05) is 13.2 Å². The summed E-state index contributed by atoms with van der Waals surface area (Å²) in [6.45, 7) is -0.692. The minimum Gasteiger partial charge on any atom is -0.468 e. The van der Waals surface area contributed by atoms with Crippen molar-refractivity contribution in [2.45, 2.75) is 0 Å². The van der Waals surface area contributed by atoms with E-state index in [9.17, 15) is 14.4 Å². The van der Waals surface area contributed by atoms with Crippen molar-refractivity contribution in [3.05, 3.63) is 18.2 Å². The zero-order chi connectivity index (χ0) is 14.4. The van der Waals surface area contributed by atoms with Crippen LogP contribution in [0.5, 0.6) is 0 Å². The van der Waals surface area contributed by atoms with E-state index in [1.807, 2.05) is 0 Å². The highest BCUT2D eigenvalue weighted by Crippen LogP contribution is 2.03. The highest BCUT2D eigenvalue weighted by atomic mass is 16.5. The van der Waals surface area contributed by atoms with Crippen LogP contribution in [0.3, 0.4) is 0 Å². The molecule has 0 atom stereocenters. The topological polar surface area (TPSA) is 90.7 Å². The Bertz CT molecular complexity index is 464. The van der Waals surface area contributed by atoms with E-state index < -0.39 is 17.8 Å². The fourth-order valence-corrected chi connectivity index (χ4v) is 1.33. The first-order chi connectivity index (χ1) is 8.97. The largest absolute Gasteiger partial charge is 0.468 e. The second-order valence-corrected chi connectivity index (χ2v) is 3.74. The quantitative estimate of drug-likeness (QED) is 0.650. The molecule has 0 aliphatic heterocycles. The Morgan fingerprint density at radius 3 is 2.11 bits per heavy atom. The lowest BCUT2D eigenvalue weighted by Gasteiger charge is -2.18. The molecule has 0 fully saturated rings. The molecule has 1 rings (SSSR count). The van der Waals surface area contributed by atoms with Crippen LogP contribution < -0.4 is 0 Å². The molecule has 19 heavy (non-hydrogen) atoms. The number of methoxy groups -OCH3 is 2. The van der Waals surface area contributed by atoms with E-state index in [2.05, 4.69) is 14.5 Å². The van der Waals surface area contributed by atoms with Gasteiger partial charge in [-0.1, -0.05) is 0 Å². The maximum absolute atomic E-state index is 12.1. The lowest BCUT2D eigenvalue weighted by atomic mass is 10.3. The summed E-state index contributed by atoms with van der Waals surface area (Å²) in [6.07, 6.45) is 2.94. The second kappa shape index (κ2) is 6.53. The molecule has 0 N–H and O–H groups in total. The number of nitrogens with zero attached hydrogens (tertiary/aromatic N) is 3. The van der Waals surface area contributed by atoms with Crippen LogP contribution in [0.1, 0.15) is 10.5 Å². The van der Waals surface area contributed by atoms with Crippen LogP contribution in [-0.2, 0) is 26.1 Å². The minimum atomic E-state index is -0.631. The molecule has 104 valence electrons. The van der Waals surface area contributed by atoms with Crippen LogP contribution in [-0.4, -0.2) is 59.6 Å². The number of hydrogen-bond acceptors (Lipinski definition) is 6. The van der Waals surface area contributed by atoms with Gasteiger partial charge < -0.3 is 18.9 Å². The maximum atomic E-state index is 12.1. The van der Waals surface area contributed by atoms with Gasteiger partial charge in [0.25, 0.3) is 5.91 Å². The molecule has 0 aromatic carbocycles. The molecule has 0 spiro atoms. The molecule has 1 aromatic rings. The molecule has 0 radical (unpaired) electrons. The standard InChI is InChI=1S/C11H15N3O5/c1-13-4-8(12-7-13)11(17)14(5-9(15)18-2)6-10(16)19-3/h4,7H,5-6H2,1-3H3. The van der Waals surface area contributed by atoms with E-state index in [0.29, 0.717) is 0 Å². The lowest BCUT2D eigenvalue weighted by Crippen LogP contribution is -2.40. The van der Waals surface area contributed by atoms with Gasteiger partial charge in [-0.25, -0.2) is 4.98 Å². The van der Waals surface area contributed by atoms with Gasteiger partial charge in [0.15, 0.2) is 0 Å². The van der Waals surface area contributed by atoms with Crippen molar-refractivity contribution in [2.75, 3.05) is 27.3 Å². The summed E-state index contributed by atoms with van der Waals surface area (Å²) in [5, 5.41) is 0. The van der Waals surface area contributed by atoms with Gasteiger partial charge in [0.1, 0.15) is 18.8 Å². The highest BCUT2D eigenvalue weighted by Gasteiger charge is 2.23. The highest BCUT2D eigenvalue weighted by molar-refractivity contribution is 5.96. The fourth-order valence-electron chi connectivity index (χ4n) is 1.33. The molecule has 1 heterocycles. The molecule has 0 aliphatic carbocycles. The van der Waals surface area contributed by atoms with E-state index in [1.54, 1.807) is 11.6 Å². The molecule has 0 saturated carbocycles. The van der Waals surface area contributed by atoms with Crippen LogP contribution in [0.2, 0.25) is 0 Å². The van der Waals surface area contributed by atoms with Crippen molar-refractivity contribution in [3.63, 3.8) is 0 Å². The van der Waals surface area contributed by atoms with Gasteiger partial charge in [-0.2, -0.15) is 0 Å². The SMILES string of the molecule is COC(=O)CN(CC(=O)OC)C(=O)c1cn(C)cn1. The van der Waals surface area contributed by atoms with Gasteiger partial charge in [0.05, 0.1) is 20.5 Å². The number of carbonyl (C=O) groups excluding carboxylic acids is 3. The summed E-state index contributed by atoms with van der Waals surface area (Å²) in [5.41, 5.74) is 0.135. The Hall–Kier alpha value is -2.38. The Kier molecular flexibility index (Phi) is 5.04. The predicted molar refractivity (Wildman–Crippen MR) is 63.1 cm³/mol. The van der Waals surface area contributed by atoms with Gasteiger partial charge >= 0.3 is 11.9 Å². The number of rotatable bonds is 5. The average molecular weight is 269 g/mol. The van der Waals surface area contributed by atoms with Gasteiger partial charge in [-0.3, -0.25) is 14.4 Å². The molecule has 0 unspecified atom stereocenters. The number of ether oxygens (including phenoxy) is 2. The van der Waals surface area contributed by atoms with Crippen molar-refractivity contribution < 1.29 is 23.9 Å². The van der Waals surface area contributed by atoms with E-state index >= 15 is 0 Å². The number of hydrogen-bond donors (Lipinski definition) is 0. The van der Waals surface area contributed by atoms with Crippen LogP contribution in [0, 0.1) is 0 Å². The van der Waals surface area contributed by atoms with Crippen molar-refractivity contribution in [2.24, 2.45) is 7.05 Å². The normalized spacial score (nSPS) is 9.84. The first-order valence-electron chi connectivity index (χ1n) is 5.38. The average Bonchev–Trinajstić information content (AvgIpc) is 2.83. The summed E-state index contributed by atoms with van der Waals surface area (Å²) in [6, 6.07) is 0. The van der Waals surface area contributed by atoms with Crippen LogP contribution in [0.15, 0.2) is 12.5 Å². The summed E-state index contributed by atoms with van der Waals surface area (Å²) in [5.74, 6) is -1.81. The Labute approximate surface area is 109 Å². The minimum absolute atomic E-state index is 0.135. The summed E-state index contributed by atoms with van der Waals surface area (Å²) < 4.78 is 10.5. The van der Waals surface area contributed by atoms with E-state index in [0.717, 1.165) is 4.90 Å². The van der Waals surface area contributed by atoms with Crippen molar-refractivity contribution >= 4 is 17.8 Å². The molecule has 1 aromatic heterocycles. The number of esters is 2. The molecule has 8 heteroatoms. The van der Waals surface area contributed by atoms with Crippen molar-refractivity contribution in [3.8, 4) is 0 Å². The molecule has 0 bridgehead atoms. The third-order valence-electron chi connectivity index (χ3n) is 2.31. The first kappa shape index (κ1) is 14.7. The maximum Gasteiger partial charge on any atom is 0.325 e. The van der Waals surface area contributed by atoms with Gasteiger partial charge in [-0.05, 0) is 0 Å². The first-order valence-corrected chi connectivity index (χ1v) is 5.38. The number of aromatic nitrogens is 2. The zero-order valence-corrected chi connectivity index (χ0v) is 11.0. The molecule has 8 nitrogen and oxygen atoms in total. The van der Waals surface area contributed by atoms with Crippen molar-refractivity contribution in [1.82, 2.24) is 14.5 Å². The van der Waals surface area contributed by atoms with Crippen LogP contribution in [0.25, 0.3) is 0 Å². The van der Waals surface area contributed by atoms with Crippen LogP contribution >= 0.6 is 0 Å². The monoisotopic (exact) mass is 269 g/mol. The predicted octanol–water partition coefficient (Wildman–Crippen LogP) is -0.792. The van der Waals surface area contributed by atoms with E-state index in [-0.39, 0.29) is 18.8 Å². The van der Waals surface area contributed by atoms with Crippen molar-refractivity contribution in [1.29, 1.82) is 0 Å². The number of amides is 1. The van der Waals surface area contributed by atoms with Gasteiger partial charge in [0.2, 0.25) is 0 Å². The Balaban J connectivity index is 2.85. The van der Waals surface area contributed by atoms with Crippen LogP contribution in [0.4, 0.5) is 0 Å². The third kappa shape index (κ3) is 4.09. The summed E-state index contributed by atoms with van der Waals surface area (Å²) >= 11 is 0. The smallest absolute Gasteiger partial charge is 0.325 e. The molecular formula is C11H15N3O5. The fraction of sp³-hybridized carbons (Fsp3) is 0.455. The molecule has 0 aliphatic rings. The third-order valence-corrected chi connectivity index (χ3v) is 2.31. The van der Waals surface area contributed by atoms with E-state index in [1.165, 1.54) is 26.7 Å². The zero-order valence-electron chi connectivity index (χ0n) is 11.0. The lowest BCUT2D eigenvalue weighted by molar-refractivity contribution is -0.144. The number of carbonyl (C=O) groups is 3. The van der Waals surface area contributed by atoms with Gasteiger partial charge in [-0.15, -0.1) is 0 Å². The number of imidazole rings is 1. The molecule has 1 amide bonds. The van der Waals surface area contributed by atoms with E-state index in [4.69, 9.17) is 0 Å². The second-order valence-electron chi connectivity index (χ2n) is 3.74.